The molecule has 0 heterocycles. The summed E-state index contributed by atoms with van der Waals surface area (Å²) >= 11 is 0. The van der Waals surface area contributed by atoms with E-state index < -0.39 is 15.1 Å². The lowest BCUT2D eigenvalue weighted by Crippen LogP contribution is -2.31. The summed E-state index contributed by atoms with van der Waals surface area (Å²) in [6, 6.07) is 7.00. The van der Waals surface area contributed by atoms with Gasteiger partial charge < -0.3 is 5.32 Å². The fourth-order valence-corrected chi connectivity index (χ4v) is 2.73. The zero-order valence-electron chi connectivity index (χ0n) is 10.0. The Hall–Kier alpha value is -0.870. The van der Waals surface area contributed by atoms with Crippen molar-refractivity contribution in [1.82, 2.24) is 5.32 Å². The quantitative estimate of drug-likeness (QED) is 0.854. The summed E-state index contributed by atoms with van der Waals surface area (Å²) < 4.78 is 24.2. The van der Waals surface area contributed by atoms with Gasteiger partial charge in [0.15, 0.2) is 9.84 Å². The van der Waals surface area contributed by atoms with E-state index in [2.05, 4.69) is 5.32 Å². The first-order chi connectivity index (χ1) is 7.48. The fraction of sp³-hybridized carbons (Fsp3) is 0.500. The Bertz CT molecular complexity index is 423. The minimum atomic E-state index is -3.19. The van der Waals surface area contributed by atoms with Crippen molar-refractivity contribution in [3.63, 3.8) is 0 Å². The summed E-state index contributed by atoms with van der Waals surface area (Å²) in [5.41, 5.74) is 1.07. The summed E-state index contributed by atoms with van der Waals surface area (Å²) in [7, 11) is -3.19. The molecule has 0 fully saturated rings. The number of sulfone groups is 1. The fourth-order valence-electron chi connectivity index (χ4n) is 1.42. The molecule has 0 spiro atoms. The maximum Gasteiger partial charge on any atom is 0.182 e. The van der Waals surface area contributed by atoms with Gasteiger partial charge in [-0.1, -0.05) is 24.6 Å². The molecule has 4 heteroatoms. The maximum atomic E-state index is 12.1. The normalized spacial score (nSPS) is 13.7. The van der Waals surface area contributed by atoms with Crippen molar-refractivity contribution in [3.05, 3.63) is 29.8 Å². The molecule has 1 atom stereocenters. The predicted molar refractivity (Wildman–Crippen MR) is 66.4 cm³/mol. The average Bonchev–Trinajstić information content (AvgIpc) is 2.26. The van der Waals surface area contributed by atoms with E-state index >= 15 is 0 Å². The first kappa shape index (κ1) is 13.2. The molecule has 1 rings (SSSR count). The Morgan fingerprint density at radius 3 is 2.31 bits per heavy atom. The van der Waals surface area contributed by atoms with Gasteiger partial charge in [0.1, 0.15) is 0 Å². The van der Waals surface area contributed by atoms with Gasteiger partial charge in [-0.15, -0.1) is 0 Å². The van der Waals surface area contributed by atoms with Crippen molar-refractivity contribution >= 4 is 9.84 Å². The van der Waals surface area contributed by atoms with Crippen LogP contribution in [0.5, 0.6) is 0 Å². The molecule has 0 saturated heterocycles. The van der Waals surface area contributed by atoms with Gasteiger partial charge in [-0.3, -0.25) is 0 Å². The van der Waals surface area contributed by atoms with Crippen molar-refractivity contribution < 1.29 is 8.42 Å². The number of aryl methyl sites for hydroxylation is 1. The lowest BCUT2D eigenvalue weighted by atomic mass is 10.2. The van der Waals surface area contributed by atoms with Crippen molar-refractivity contribution in [3.8, 4) is 0 Å². The van der Waals surface area contributed by atoms with Gasteiger partial charge in [0.25, 0.3) is 0 Å². The monoisotopic (exact) mass is 241 g/mol. The molecule has 0 aliphatic rings. The molecule has 0 amide bonds. The summed E-state index contributed by atoms with van der Waals surface area (Å²) in [4.78, 5) is 0.406. The van der Waals surface area contributed by atoms with Crippen molar-refractivity contribution in [2.24, 2.45) is 0 Å². The van der Waals surface area contributed by atoms with Crippen LogP contribution in [0.15, 0.2) is 29.2 Å². The highest BCUT2D eigenvalue weighted by molar-refractivity contribution is 7.92. The smallest absolute Gasteiger partial charge is 0.182 e. The number of hydrogen-bond donors (Lipinski definition) is 1. The van der Waals surface area contributed by atoms with Crippen LogP contribution < -0.4 is 5.32 Å². The molecule has 90 valence electrons. The van der Waals surface area contributed by atoms with Crippen LogP contribution in [0, 0.1) is 6.92 Å². The molecular formula is C12H19NO2S. The average molecular weight is 241 g/mol. The second kappa shape index (κ2) is 5.46. The molecule has 1 N–H and O–H groups in total. The van der Waals surface area contributed by atoms with E-state index in [0.717, 1.165) is 12.1 Å². The second-order valence-electron chi connectivity index (χ2n) is 3.98. The summed E-state index contributed by atoms with van der Waals surface area (Å²) in [5, 5.41) is 2.66. The van der Waals surface area contributed by atoms with E-state index in [-0.39, 0.29) is 0 Å². The molecule has 16 heavy (non-hydrogen) atoms. The van der Waals surface area contributed by atoms with Crippen LogP contribution in [-0.4, -0.2) is 26.8 Å². The van der Waals surface area contributed by atoms with Crippen LogP contribution in [0.25, 0.3) is 0 Å². The van der Waals surface area contributed by atoms with Gasteiger partial charge in [-0.05, 0) is 32.5 Å². The molecule has 0 aliphatic carbocycles. The van der Waals surface area contributed by atoms with E-state index in [1.807, 2.05) is 26.0 Å². The molecule has 0 saturated carbocycles. The van der Waals surface area contributed by atoms with Gasteiger partial charge in [0, 0.05) is 6.54 Å². The first-order valence-corrected chi connectivity index (χ1v) is 7.04. The predicted octanol–water partition coefficient (Wildman–Crippen LogP) is 1.77. The van der Waals surface area contributed by atoms with Crippen molar-refractivity contribution in [2.45, 2.75) is 30.9 Å². The molecular weight excluding hydrogens is 222 g/mol. The van der Waals surface area contributed by atoms with Crippen molar-refractivity contribution in [1.29, 1.82) is 0 Å². The van der Waals surface area contributed by atoms with Crippen molar-refractivity contribution in [2.75, 3.05) is 13.1 Å². The number of rotatable bonds is 5. The molecule has 0 aliphatic heterocycles. The van der Waals surface area contributed by atoms with E-state index in [9.17, 15) is 8.42 Å². The number of benzene rings is 1. The topological polar surface area (TPSA) is 46.2 Å². The summed E-state index contributed by atoms with van der Waals surface area (Å²) in [6.07, 6.45) is 0. The van der Waals surface area contributed by atoms with Crippen LogP contribution in [0.4, 0.5) is 0 Å². The van der Waals surface area contributed by atoms with Crippen LogP contribution >= 0.6 is 0 Å². The van der Waals surface area contributed by atoms with E-state index in [1.165, 1.54) is 0 Å². The van der Waals surface area contributed by atoms with Crippen LogP contribution in [0.2, 0.25) is 0 Å². The molecule has 1 aromatic rings. The minimum absolute atomic E-state index is 0.393. The first-order valence-electron chi connectivity index (χ1n) is 5.49. The zero-order valence-corrected chi connectivity index (χ0v) is 10.8. The van der Waals surface area contributed by atoms with E-state index in [4.69, 9.17) is 0 Å². The molecule has 0 bridgehead atoms. The molecule has 1 unspecified atom stereocenters. The van der Waals surface area contributed by atoms with Crippen LogP contribution in [0.1, 0.15) is 19.4 Å². The summed E-state index contributed by atoms with van der Waals surface area (Å²) in [5.74, 6) is 0. The third kappa shape index (κ3) is 3.06. The Morgan fingerprint density at radius 1 is 1.25 bits per heavy atom. The summed E-state index contributed by atoms with van der Waals surface area (Å²) in [6.45, 7) is 6.92. The number of nitrogens with one attached hydrogen (secondary N) is 1. The standard InChI is InChI=1S/C12H19NO2S/c1-4-13-9-11(3)16(14,15)12-7-5-10(2)6-8-12/h5-8,11,13H,4,9H2,1-3H3. The van der Waals surface area contributed by atoms with Gasteiger partial charge in [0.05, 0.1) is 10.1 Å². The molecule has 0 aromatic heterocycles. The van der Waals surface area contributed by atoms with Crippen LogP contribution in [-0.2, 0) is 9.84 Å². The largest absolute Gasteiger partial charge is 0.316 e. The third-order valence-electron chi connectivity index (χ3n) is 2.56. The highest BCUT2D eigenvalue weighted by Gasteiger charge is 2.22. The highest BCUT2D eigenvalue weighted by Crippen LogP contribution is 2.16. The second-order valence-corrected chi connectivity index (χ2v) is 6.34. The van der Waals surface area contributed by atoms with Gasteiger partial charge in [0.2, 0.25) is 0 Å². The lowest BCUT2D eigenvalue weighted by Gasteiger charge is -2.13. The minimum Gasteiger partial charge on any atom is -0.316 e. The maximum absolute atomic E-state index is 12.1. The Balaban J connectivity index is 2.89. The lowest BCUT2D eigenvalue weighted by molar-refractivity contribution is 0.574. The van der Waals surface area contributed by atoms with E-state index in [0.29, 0.717) is 11.4 Å². The SMILES string of the molecule is CCNCC(C)S(=O)(=O)c1ccc(C)cc1. The third-order valence-corrected chi connectivity index (χ3v) is 4.72. The van der Waals surface area contributed by atoms with Gasteiger partial charge in [-0.2, -0.15) is 0 Å². The Labute approximate surface area is 97.8 Å². The van der Waals surface area contributed by atoms with Crippen LogP contribution in [0.3, 0.4) is 0 Å². The highest BCUT2D eigenvalue weighted by atomic mass is 32.2. The molecule has 0 radical (unpaired) electrons. The number of hydrogen-bond acceptors (Lipinski definition) is 3. The molecule has 3 nitrogen and oxygen atoms in total. The van der Waals surface area contributed by atoms with Gasteiger partial charge >= 0.3 is 0 Å². The van der Waals surface area contributed by atoms with E-state index in [1.54, 1.807) is 19.1 Å². The van der Waals surface area contributed by atoms with Gasteiger partial charge in [-0.25, -0.2) is 8.42 Å². The Morgan fingerprint density at radius 2 is 1.81 bits per heavy atom. The molecule has 1 aromatic carbocycles. The Kier molecular flexibility index (Phi) is 4.50. The zero-order chi connectivity index (χ0) is 12.2.